The van der Waals surface area contributed by atoms with E-state index in [0.717, 1.165) is 13.0 Å². The summed E-state index contributed by atoms with van der Waals surface area (Å²) in [5.74, 6) is 0.450. The van der Waals surface area contributed by atoms with Crippen LogP contribution in [0, 0.1) is 0 Å². The molecule has 0 unspecified atom stereocenters. The minimum Gasteiger partial charge on any atom is -0.444 e. The van der Waals surface area contributed by atoms with Crippen molar-refractivity contribution in [2.45, 2.75) is 45.8 Å². The minimum absolute atomic E-state index is 0. The van der Waals surface area contributed by atoms with Crippen molar-refractivity contribution < 1.29 is 9.53 Å². The van der Waals surface area contributed by atoms with E-state index in [9.17, 15) is 4.79 Å². The highest BCUT2D eigenvalue weighted by Gasteiger charge is 2.33. The molecule has 1 aliphatic rings. The molecular weight excluding hydrogens is 359 g/mol. The molecule has 0 spiro atoms. The summed E-state index contributed by atoms with van der Waals surface area (Å²) in [5.41, 5.74) is 5.25. The molecule has 19 heavy (non-hydrogen) atoms. The van der Waals surface area contributed by atoms with E-state index < -0.39 is 5.60 Å². The van der Waals surface area contributed by atoms with Crippen LogP contribution in [-0.4, -0.2) is 48.2 Å². The van der Waals surface area contributed by atoms with Gasteiger partial charge in [0.1, 0.15) is 5.60 Å². The summed E-state index contributed by atoms with van der Waals surface area (Å²) in [6.45, 7) is 9.56. The van der Waals surface area contributed by atoms with Crippen LogP contribution in [0.2, 0.25) is 0 Å². The van der Waals surface area contributed by atoms with Gasteiger partial charge in [-0.3, -0.25) is 4.99 Å². The molecule has 112 valence electrons. The zero-order valence-corrected chi connectivity index (χ0v) is 14.4. The lowest BCUT2D eigenvalue weighted by atomic mass is 10.1. The number of guanidine groups is 1. The number of carbonyl (C=O) groups is 1. The van der Waals surface area contributed by atoms with Gasteiger partial charge in [-0.25, -0.2) is 4.79 Å². The van der Waals surface area contributed by atoms with Gasteiger partial charge in [0.2, 0.25) is 0 Å². The third-order valence-electron chi connectivity index (χ3n) is 2.39. The number of likely N-dealkylation sites (tertiary alicyclic amines) is 1. The normalized spacial score (nSPS) is 16.4. The van der Waals surface area contributed by atoms with Crippen molar-refractivity contribution in [2.24, 2.45) is 10.7 Å². The van der Waals surface area contributed by atoms with Gasteiger partial charge >= 0.3 is 6.09 Å². The zero-order valence-electron chi connectivity index (χ0n) is 12.1. The Bertz CT molecular complexity index is 322. The second-order valence-corrected chi connectivity index (χ2v) is 5.49. The zero-order chi connectivity index (χ0) is 13.8. The lowest BCUT2D eigenvalue weighted by molar-refractivity contribution is 0.00706. The number of halogens is 1. The Morgan fingerprint density at radius 3 is 2.53 bits per heavy atom. The highest BCUT2D eigenvalue weighted by Crippen LogP contribution is 2.14. The van der Waals surface area contributed by atoms with Crippen molar-refractivity contribution in [3.05, 3.63) is 0 Å². The lowest BCUT2D eigenvalue weighted by Crippen LogP contribution is -2.62. The van der Waals surface area contributed by atoms with Gasteiger partial charge in [-0.2, -0.15) is 0 Å². The monoisotopic (exact) mass is 384 g/mol. The molecule has 3 N–H and O–H groups in total. The van der Waals surface area contributed by atoms with Crippen LogP contribution in [0.3, 0.4) is 0 Å². The predicted molar refractivity (Wildman–Crippen MR) is 86.9 cm³/mol. The lowest BCUT2D eigenvalue weighted by Gasteiger charge is -2.40. The van der Waals surface area contributed by atoms with E-state index in [-0.39, 0.29) is 36.1 Å². The number of aliphatic imine (C=N–C) groups is 1. The maximum atomic E-state index is 11.7. The van der Waals surface area contributed by atoms with Gasteiger partial charge in [0.25, 0.3) is 0 Å². The van der Waals surface area contributed by atoms with Gasteiger partial charge in [0, 0.05) is 19.6 Å². The van der Waals surface area contributed by atoms with Gasteiger partial charge in [-0.05, 0) is 27.2 Å². The van der Waals surface area contributed by atoms with E-state index in [1.54, 1.807) is 4.90 Å². The molecular formula is C12H25IN4O2. The second-order valence-electron chi connectivity index (χ2n) is 5.49. The van der Waals surface area contributed by atoms with Gasteiger partial charge < -0.3 is 20.7 Å². The number of hydrogen-bond acceptors (Lipinski definition) is 3. The molecule has 6 nitrogen and oxygen atoms in total. The van der Waals surface area contributed by atoms with Gasteiger partial charge in [-0.1, -0.05) is 6.92 Å². The summed E-state index contributed by atoms with van der Waals surface area (Å²) in [6.07, 6.45) is 0.696. The van der Waals surface area contributed by atoms with Crippen molar-refractivity contribution in [1.29, 1.82) is 0 Å². The van der Waals surface area contributed by atoms with E-state index in [0.29, 0.717) is 19.0 Å². The molecule has 7 heteroatoms. The minimum atomic E-state index is -0.447. The molecule has 1 amide bonds. The van der Waals surface area contributed by atoms with Crippen LogP contribution < -0.4 is 11.1 Å². The summed E-state index contributed by atoms with van der Waals surface area (Å²) in [4.78, 5) is 17.4. The number of carbonyl (C=O) groups excluding carboxylic acids is 1. The third-order valence-corrected chi connectivity index (χ3v) is 2.39. The van der Waals surface area contributed by atoms with E-state index in [1.807, 2.05) is 27.7 Å². The summed E-state index contributed by atoms with van der Waals surface area (Å²) in [7, 11) is 0. The Balaban J connectivity index is 0.00000324. The molecule has 1 rings (SSSR count). The number of rotatable bonds is 3. The maximum Gasteiger partial charge on any atom is 0.410 e. The highest BCUT2D eigenvalue weighted by atomic mass is 127. The van der Waals surface area contributed by atoms with Crippen LogP contribution in [0.5, 0.6) is 0 Å². The molecule has 1 aliphatic heterocycles. The molecule has 0 radical (unpaired) electrons. The summed E-state index contributed by atoms with van der Waals surface area (Å²) >= 11 is 0. The summed E-state index contributed by atoms with van der Waals surface area (Å²) in [5, 5.41) is 3.08. The Labute approximate surface area is 132 Å². The smallest absolute Gasteiger partial charge is 0.410 e. The molecule has 0 aliphatic carbocycles. The van der Waals surface area contributed by atoms with Crippen molar-refractivity contribution in [3.63, 3.8) is 0 Å². The quantitative estimate of drug-likeness (QED) is 0.440. The number of nitrogens with one attached hydrogen (secondary N) is 1. The summed E-state index contributed by atoms with van der Waals surface area (Å²) < 4.78 is 5.26. The maximum absolute atomic E-state index is 11.7. The van der Waals surface area contributed by atoms with Crippen molar-refractivity contribution in [2.75, 3.05) is 19.6 Å². The topological polar surface area (TPSA) is 80.0 Å². The first-order valence-corrected chi connectivity index (χ1v) is 6.36. The first kappa shape index (κ1) is 18.3. The van der Waals surface area contributed by atoms with Crippen LogP contribution in [0.4, 0.5) is 4.79 Å². The molecule has 1 fully saturated rings. The van der Waals surface area contributed by atoms with Crippen molar-refractivity contribution in [3.8, 4) is 0 Å². The fraction of sp³-hybridized carbons (Fsp3) is 0.833. The average molecular weight is 384 g/mol. The SMILES string of the molecule is CCCN=C(N)NC1CN(C(=O)OC(C)(C)C)C1.I. The van der Waals surface area contributed by atoms with E-state index in [4.69, 9.17) is 10.5 Å². The average Bonchev–Trinajstić information content (AvgIpc) is 2.16. The van der Waals surface area contributed by atoms with E-state index in [2.05, 4.69) is 10.3 Å². The largest absolute Gasteiger partial charge is 0.444 e. The fourth-order valence-electron chi connectivity index (χ4n) is 1.53. The molecule has 0 aromatic carbocycles. The Hall–Kier alpha value is -0.730. The van der Waals surface area contributed by atoms with Crippen LogP contribution in [-0.2, 0) is 4.74 Å². The molecule has 1 heterocycles. The number of ether oxygens (including phenoxy) is 1. The van der Waals surface area contributed by atoms with Gasteiger partial charge in [0.05, 0.1) is 6.04 Å². The third kappa shape index (κ3) is 6.84. The first-order chi connectivity index (χ1) is 8.31. The molecule has 0 atom stereocenters. The standard InChI is InChI=1S/C12H24N4O2.HI/c1-5-6-14-10(13)15-9-7-16(8-9)11(17)18-12(2,3)4;/h9H,5-8H2,1-4H3,(H3,13,14,15);1H. The first-order valence-electron chi connectivity index (χ1n) is 6.36. The predicted octanol–water partition coefficient (Wildman–Crippen LogP) is 1.54. The molecule has 0 saturated carbocycles. The summed E-state index contributed by atoms with van der Waals surface area (Å²) in [6, 6.07) is 0.179. The van der Waals surface area contributed by atoms with Crippen LogP contribution in [0.25, 0.3) is 0 Å². The van der Waals surface area contributed by atoms with E-state index in [1.165, 1.54) is 0 Å². The molecule has 0 bridgehead atoms. The Morgan fingerprint density at radius 1 is 1.47 bits per heavy atom. The van der Waals surface area contributed by atoms with Gasteiger partial charge in [-0.15, -0.1) is 24.0 Å². The van der Waals surface area contributed by atoms with Crippen LogP contribution >= 0.6 is 24.0 Å². The molecule has 0 aromatic rings. The number of amides is 1. The highest BCUT2D eigenvalue weighted by molar-refractivity contribution is 14.0. The molecule has 1 saturated heterocycles. The number of nitrogens with zero attached hydrogens (tertiary/aromatic N) is 2. The van der Waals surface area contributed by atoms with E-state index >= 15 is 0 Å². The second kappa shape index (κ2) is 7.76. The van der Waals surface area contributed by atoms with Crippen LogP contribution in [0.1, 0.15) is 34.1 Å². The van der Waals surface area contributed by atoms with Crippen LogP contribution in [0.15, 0.2) is 4.99 Å². The Kier molecular flexibility index (Phi) is 7.46. The number of hydrogen-bond donors (Lipinski definition) is 2. The fourth-order valence-corrected chi connectivity index (χ4v) is 1.53. The number of nitrogens with two attached hydrogens (primary N) is 1. The van der Waals surface area contributed by atoms with Crippen molar-refractivity contribution >= 4 is 36.0 Å². The van der Waals surface area contributed by atoms with Gasteiger partial charge in [0.15, 0.2) is 5.96 Å². The molecule has 0 aromatic heterocycles. The van der Waals surface area contributed by atoms with Crippen molar-refractivity contribution in [1.82, 2.24) is 10.2 Å². The Morgan fingerprint density at radius 2 is 2.05 bits per heavy atom.